The van der Waals surface area contributed by atoms with Crippen molar-refractivity contribution < 1.29 is 131 Å². The van der Waals surface area contributed by atoms with Crippen molar-refractivity contribution in [3.05, 3.63) is 90.3 Å². The van der Waals surface area contributed by atoms with E-state index in [9.17, 15) is 112 Å². The van der Waals surface area contributed by atoms with Gasteiger partial charge in [0.25, 0.3) is 0 Å². The minimum Gasteiger partial charge on any atom is -0.481 e. The third kappa shape index (κ3) is 34.5. The van der Waals surface area contributed by atoms with E-state index in [1.807, 2.05) is 0 Å². The number of rotatable bonds is 35. The highest BCUT2D eigenvalue weighted by atomic mass is 33.1. The average Bonchev–Trinajstić information content (AvgIpc) is 1.66. The fraction of sp³-hybridized carbons (Fsp3) is 0.560. The lowest BCUT2D eigenvalue weighted by Gasteiger charge is -2.29. The van der Waals surface area contributed by atoms with Gasteiger partial charge in [-0.05, 0) is 120 Å². The van der Waals surface area contributed by atoms with Crippen LogP contribution in [0.3, 0.4) is 0 Å². The van der Waals surface area contributed by atoms with E-state index in [4.69, 9.17) is 0 Å². The maximum absolute atomic E-state index is 15.3. The number of carboxylic acids is 3. The number of fused-ring (bicyclic) bond motifs is 2. The summed E-state index contributed by atoms with van der Waals surface area (Å²) in [5.41, 5.74) is 2.10. The molecule has 18 amide bonds. The predicted octanol–water partition coefficient (Wildman–Crippen LogP) is -5.99. The molecular weight excluding hydrogens is 1910 g/mol. The normalized spacial score (nSPS) is 23.2. The van der Waals surface area contributed by atoms with Crippen LogP contribution in [0.25, 0.3) is 21.8 Å². The molecule has 0 bridgehead atoms. The molecule has 3 aliphatic heterocycles. The Morgan fingerprint density at radius 1 is 0.497 bits per heavy atom. The molecule has 3 aliphatic rings. The van der Waals surface area contributed by atoms with E-state index in [-0.39, 0.29) is 50.3 Å². The van der Waals surface area contributed by atoms with Crippen molar-refractivity contribution in [1.82, 2.24) is 121 Å². The molecule has 19 atom stereocenters. The van der Waals surface area contributed by atoms with Crippen molar-refractivity contribution in [3.8, 4) is 0 Å². The Morgan fingerprint density at radius 3 is 1.55 bits per heavy atom. The number of nitrogens with one attached hydrogen (secondary N) is 21. The molecule has 27 N–H and O–H groups in total. The summed E-state index contributed by atoms with van der Waals surface area (Å²) >= 11 is 0. The second-order valence-electron chi connectivity index (χ2n) is 36.4. The summed E-state index contributed by atoms with van der Waals surface area (Å²) in [4.78, 5) is 312. The molecule has 6 heterocycles. The van der Waals surface area contributed by atoms with E-state index in [1.54, 1.807) is 76.2 Å². The summed E-state index contributed by atoms with van der Waals surface area (Å²) in [7, 11) is 1.25. The Labute approximate surface area is 828 Å². The van der Waals surface area contributed by atoms with Crippen molar-refractivity contribution in [2.75, 3.05) is 44.4 Å². The Balaban J connectivity index is 1.14. The molecule has 0 unspecified atom stereocenters. The summed E-state index contributed by atoms with van der Waals surface area (Å²) in [5, 5.41) is 108. The van der Waals surface area contributed by atoms with Crippen LogP contribution in [0, 0.1) is 17.8 Å². The van der Waals surface area contributed by atoms with Crippen LogP contribution in [-0.2, 0) is 120 Å². The predicted molar refractivity (Wildman–Crippen MR) is 514 cm³/mol. The summed E-state index contributed by atoms with van der Waals surface area (Å²) in [6.45, 7) is 11.9. The lowest BCUT2D eigenvalue weighted by molar-refractivity contribution is -0.145. The van der Waals surface area contributed by atoms with E-state index >= 15 is 19.2 Å². The number of para-hydroxylation sites is 2. The number of benzene rings is 2. The highest BCUT2D eigenvalue weighted by Gasteiger charge is 2.44. The van der Waals surface area contributed by atoms with Gasteiger partial charge >= 0.3 is 17.9 Å². The number of hydrogen-bond acceptors (Lipinski definition) is 28. The Bertz CT molecular complexity index is 5380. The van der Waals surface area contributed by atoms with Gasteiger partial charge < -0.3 is 146 Å². The first-order valence-corrected chi connectivity index (χ1v) is 49.3. The summed E-state index contributed by atoms with van der Waals surface area (Å²) in [6, 6.07) is -16.3. The van der Waals surface area contributed by atoms with Crippen LogP contribution < -0.4 is 95.7 Å². The van der Waals surface area contributed by atoms with Crippen LogP contribution in [0.5, 0.6) is 0 Å². The van der Waals surface area contributed by atoms with Gasteiger partial charge in [-0.1, -0.05) is 99.5 Å². The topological polar surface area (TPSA) is 760 Å². The second-order valence-corrected chi connectivity index (χ2v) is 38.9. The summed E-state index contributed by atoms with van der Waals surface area (Å²) in [5.74, 6) is -27.3. The summed E-state index contributed by atoms with van der Waals surface area (Å²) < 4.78 is 0. The number of likely N-dealkylation sites (tertiary alicyclic amines) is 1. The first kappa shape index (κ1) is 114. The SMILES string of the molecule is CC(C)C[C@@H]1NC(=O)[C@H](Cc2c[nH]cn2)NC(=O)[C@H](Cc2c[nH]c3ccccc23)NC(=O)[C@H](C)NC(=O)[C@@H](NC(=O)[C@H](CC(=O)O)NC(=O)[C@H](CO)NC(=O)[C@H](C)NC(=O)[C@@H]2CCCN2C(=O)[C@H](CO)NC(=O)[C@H](C)NC(=O)[C@@H]2CCCN2)CSSC[C@@H](C(=O)N[C@H](C(=O)O)[C@@H](C)O)NC(=O)[C@H](Cc2c[nH]c3ccccc23)NC(=O)[C@H](C(C)C)NC(=O)[C@H](CC(C)C)NC(=O)[C@H](CCC(=O)O)NC(=O)CNC1=O. The molecular formula is C91H129N23O27S2. The number of aromatic nitrogens is 4. The number of aliphatic hydroxyl groups excluding tert-OH is 3. The zero-order valence-corrected chi connectivity index (χ0v) is 82.2. The maximum Gasteiger partial charge on any atom is 0.328 e. The van der Waals surface area contributed by atoms with E-state index < -0.39 is 314 Å². The molecule has 3 aromatic heterocycles. The minimum absolute atomic E-state index is 0.0200. The van der Waals surface area contributed by atoms with Crippen LogP contribution in [0.2, 0.25) is 0 Å². The number of carbonyl (C=O) groups excluding carboxylic acids is 18. The standard InChI is InChI=1S/C91H129N23O27S2/c1-42(2)27-58-77(126)96-36-69(118)101-57(23-24-70(119)120)79(128)104-59(28-43(3)4)84(133)112-72(44(5)6)89(138)107-61(30-50-34-95-55-20-14-12-18-53(50)55)81(130)111-67(87(136)113-73(48(10)117)91(140)141)40-143-142-39-66(86(135)99-45(7)74(123)102-60(29-49-33-94-54-19-13-11-17-52(49)54)80(129)105-62(82(131)103-58)31-51-35-92-41-97-51)110-83(132)63(32-71(121)122)106-85(134)64(37-115)108-75(124)47(9)100-88(137)68-22-16-26-114(68)90(139)65(38-116)109-76(125)46(8)98-78(127)56-21-15-25-93-56/h11-14,17-20,33-35,41-48,56-68,72-73,93-95,115-117H,15-16,21-32,36-40H2,1-10H3,(H,92,97)(H,96,126)(H,98,127)(H,99,135)(H,100,137)(H,101,118)(H,102,123)(H,103,131)(H,104,128)(H,105,129)(H,106,134)(H,107,138)(H,108,124)(H,109,125)(H,110,132)(H,111,130)(H,112,133)(H,113,136)(H,119,120)(H,121,122)(H,140,141)/t45-,46-,47-,48+,56-,57-,58-,59-,60-,61-,62-,63-,64-,65-,66-,67-,68-,72-,73-/m0/s1. The molecule has 52 heteroatoms. The fourth-order valence-corrected chi connectivity index (χ4v) is 18.2. The molecule has 5 aromatic rings. The number of aliphatic carboxylic acids is 3. The van der Waals surface area contributed by atoms with Gasteiger partial charge in [-0.15, -0.1) is 0 Å². The first-order valence-electron chi connectivity index (χ1n) is 46.8. The zero-order chi connectivity index (χ0) is 105. The van der Waals surface area contributed by atoms with E-state index in [0.717, 1.165) is 32.1 Å². The average molecular weight is 2040 g/mol. The number of H-pyrrole nitrogens is 3. The van der Waals surface area contributed by atoms with Gasteiger partial charge in [-0.3, -0.25) is 95.9 Å². The van der Waals surface area contributed by atoms with E-state index in [2.05, 4.69) is 116 Å². The van der Waals surface area contributed by atoms with Crippen LogP contribution in [-0.4, -0.2) is 339 Å². The monoisotopic (exact) mass is 2040 g/mol. The van der Waals surface area contributed by atoms with Crippen LogP contribution in [0.15, 0.2) is 73.4 Å². The van der Waals surface area contributed by atoms with Gasteiger partial charge in [0.2, 0.25) is 106 Å². The second kappa shape index (κ2) is 55.0. The van der Waals surface area contributed by atoms with E-state index in [0.29, 0.717) is 67.5 Å². The van der Waals surface area contributed by atoms with Crippen molar-refractivity contribution in [2.45, 2.75) is 261 Å². The van der Waals surface area contributed by atoms with Gasteiger partial charge in [0.15, 0.2) is 6.04 Å². The van der Waals surface area contributed by atoms with Crippen molar-refractivity contribution >= 4 is 168 Å². The highest BCUT2D eigenvalue weighted by molar-refractivity contribution is 8.76. The number of hydrogen-bond donors (Lipinski definition) is 27. The van der Waals surface area contributed by atoms with Gasteiger partial charge in [-0.2, -0.15) is 0 Å². The molecule has 782 valence electrons. The lowest BCUT2D eigenvalue weighted by Crippen LogP contribution is -2.61. The number of carboxylic acid groups (broad SMARTS) is 3. The smallest absolute Gasteiger partial charge is 0.328 e. The van der Waals surface area contributed by atoms with Crippen molar-refractivity contribution in [3.63, 3.8) is 0 Å². The first-order chi connectivity index (χ1) is 67.7. The number of amides is 18. The van der Waals surface area contributed by atoms with Crippen LogP contribution in [0.4, 0.5) is 0 Å². The minimum atomic E-state index is -2.26. The number of nitrogens with zero attached hydrogens (tertiary/aromatic N) is 2. The summed E-state index contributed by atoms with van der Waals surface area (Å²) in [6.07, 6.45) is 1.36. The van der Waals surface area contributed by atoms with E-state index in [1.165, 1.54) is 45.7 Å². The largest absolute Gasteiger partial charge is 0.481 e. The van der Waals surface area contributed by atoms with Gasteiger partial charge in [-0.25, -0.2) is 9.78 Å². The number of aliphatic hydroxyl groups is 3. The molecule has 8 rings (SSSR count). The Morgan fingerprint density at radius 2 is 1.01 bits per heavy atom. The highest BCUT2D eigenvalue weighted by Crippen LogP contribution is 2.27. The third-order valence-corrected chi connectivity index (χ3v) is 26.1. The van der Waals surface area contributed by atoms with Crippen LogP contribution >= 0.6 is 21.6 Å². The molecule has 0 aliphatic carbocycles. The maximum atomic E-state index is 15.3. The van der Waals surface area contributed by atoms with Crippen molar-refractivity contribution in [2.24, 2.45) is 17.8 Å². The number of aromatic amines is 3. The molecule has 0 radical (unpaired) electrons. The van der Waals surface area contributed by atoms with Gasteiger partial charge in [0.1, 0.15) is 96.7 Å². The van der Waals surface area contributed by atoms with Crippen molar-refractivity contribution in [1.29, 1.82) is 0 Å². The molecule has 143 heavy (non-hydrogen) atoms. The number of carbonyl (C=O) groups is 21. The third-order valence-electron chi connectivity index (χ3n) is 23.7. The number of imidazole rings is 1. The Hall–Kier alpha value is -13.9. The quantitative estimate of drug-likeness (QED) is 0.0168. The zero-order valence-electron chi connectivity index (χ0n) is 80.5. The molecule has 50 nitrogen and oxygen atoms in total. The van der Waals surface area contributed by atoms with Gasteiger partial charge in [0, 0.05) is 84.1 Å². The fourth-order valence-electron chi connectivity index (χ4n) is 15.9. The lowest BCUT2D eigenvalue weighted by atomic mass is 9.98. The van der Waals surface area contributed by atoms with Gasteiger partial charge in [0.05, 0.1) is 50.3 Å². The molecule has 0 spiro atoms. The Kier molecular flexibility index (Phi) is 44.0. The van der Waals surface area contributed by atoms with Crippen LogP contribution in [0.1, 0.15) is 144 Å². The molecule has 2 aromatic carbocycles. The molecule has 3 saturated heterocycles. The molecule has 3 fully saturated rings. The molecule has 0 saturated carbocycles.